The maximum Gasteiger partial charge on any atom is 0.155 e. The van der Waals surface area contributed by atoms with E-state index in [-0.39, 0.29) is 0 Å². The lowest BCUT2D eigenvalue weighted by Gasteiger charge is -1.81. The molecule has 2 N–H and O–H groups in total. The third-order valence-corrected chi connectivity index (χ3v) is 2.41. The van der Waals surface area contributed by atoms with Crippen LogP contribution in [0.4, 0.5) is 0 Å². The molecule has 4 aromatic heterocycles. The second-order valence-electron chi connectivity index (χ2n) is 3.56. The highest BCUT2D eigenvalue weighted by Crippen LogP contribution is 2.03. The zero-order valence-corrected chi connectivity index (χ0v) is 9.41. The lowest BCUT2D eigenvalue weighted by atomic mass is 10.4. The zero-order valence-electron chi connectivity index (χ0n) is 9.41. The summed E-state index contributed by atoms with van der Waals surface area (Å²) in [6.45, 7) is 0. The quantitative estimate of drug-likeness (QED) is 0.490. The van der Waals surface area contributed by atoms with E-state index in [1.807, 2.05) is 18.3 Å². The van der Waals surface area contributed by atoms with Crippen molar-refractivity contribution in [2.45, 2.75) is 0 Å². The second-order valence-corrected chi connectivity index (χ2v) is 3.56. The average Bonchev–Trinajstić information content (AvgIpc) is 3.08. The van der Waals surface area contributed by atoms with Crippen LogP contribution in [0.3, 0.4) is 0 Å². The van der Waals surface area contributed by atoms with Gasteiger partial charge in [0.25, 0.3) is 0 Å². The highest BCUT2D eigenvalue weighted by Gasteiger charge is 1.90. The highest BCUT2D eigenvalue weighted by atomic mass is 14.9. The second kappa shape index (κ2) is 4.62. The first-order valence-corrected chi connectivity index (χ1v) is 5.41. The summed E-state index contributed by atoms with van der Waals surface area (Å²) in [4.78, 5) is 21.9. The average molecular weight is 238 g/mol. The molecule has 0 saturated carbocycles. The molecule has 0 saturated heterocycles. The third kappa shape index (κ3) is 2.03. The smallest absolute Gasteiger partial charge is 0.155 e. The normalized spacial score (nSPS) is 10.2. The lowest BCUT2D eigenvalue weighted by molar-refractivity contribution is 1.26. The Kier molecular flexibility index (Phi) is 2.67. The molecule has 0 radical (unpaired) electrons. The summed E-state index contributed by atoms with van der Waals surface area (Å²) in [5.74, 6) is 0. The number of hydrogen-bond donors (Lipinski definition) is 2. The van der Waals surface area contributed by atoms with E-state index in [4.69, 9.17) is 0 Å². The van der Waals surface area contributed by atoms with Crippen molar-refractivity contribution in [3.63, 3.8) is 0 Å². The fourth-order valence-electron chi connectivity index (χ4n) is 1.56. The zero-order chi connectivity index (χ0) is 12.2. The third-order valence-electron chi connectivity index (χ3n) is 2.41. The molecular weight excluding hydrogens is 228 g/mol. The first-order valence-electron chi connectivity index (χ1n) is 5.41. The van der Waals surface area contributed by atoms with Crippen LogP contribution in [0, 0.1) is 0 Å². The van der Waals surface area contributed by atoms with Crippen molar-refractivity contribution >= 4 is 22.2 Å². The number of H-pyrrole nitrogens is 2. The van der Waals surface area contributed by atoms with Gasteiger partial charge < -0.3 is 9.97 Å². The Morgan fingerprint density at radius 2 is 1.78 bits per heavy atom. The number of nitrogens with one attached hydrogen (secondary N) is 2. The molecule has 4 aromatic rings. The number of aromatic nitrogens is 6. The molecule has 0 aliphatic rings. The van der Waals surface area contributed by atoms with Gasteiger partial charge in [-0.3, -0.25) is 9.97 Å². The van der Waals surface area contributed by atoms with Crippen molar-refractivity contribution in [3.8, 4) is 0 Å². The summed E-state index contributed by atoms with van der Waals surface area (Å²) in [5.41, 5.74) is 3.71. The molecular formula is C12H10N6. The largest absolute Gasteiger partial charge is 0.345 e. The molecule has 0 fully saturated rings. The molecule has 0 aliphatic heterocycles. The first-order chi connectivity index (χ1) is 8.93. The van der Waals surface area contributed by atoms with Crippen LogP contribution < -0.4 is 0 Å². The van der Waals surface area contributed by atoms with E-state index >= 15 is 0 Å². The van der Waals surface area contributed by atoms with Crippen molar-refractivity contribution in [2.75, 3.05) is 0 Å². The SMILES string of the molecule is c1cc2nc[nH]c2cn1.c1cnc2[nH]ccc2n1. The molecule has 0 atom stereocenters. The number of imidazole rings is 1. The van der Waals surface area contributed by atoms with Gasteiger partial charge in [0.2, 0.25) is 0 Å². The molecule has 4 heterocycles. The Morgan fingerprint density at radius 3 is 2.67 bits per heavy atom. The molecule has 0 unspecified atom stereocenters. The molecule has 0 amide bonds. The van der Waals surface area contributed by atoms with Gasteiger partial charge in [0.1, 0.15) is 5.52 Å². The molecule has 4 rings (SSSR count). The van der Waals surface area contributed by atoms with Gasteiger partial charge in [0.05, 0.1) is 23.6 Å². The summed E-state index contributed by atoms with van der Waals surface area (Å²) in [5, 5.41) is 0. The van der Waals surface area contributed by atoms with E-state index in [0.29, 0.717) is 0 Å². The van der Waals surface area contributed by atoms with Crippen LogP contribution in [0.15, 0.2) is 49.4 Å². The van der Waals surface area contributed by atoms with Crippen LogP contribution in [0.5, 0.6) is 0 Å². The predicted molar refractivity (Wildman–Crippen MR) is 67.8 cm³/mol. The molecule has 6 nitrogen and oxygen atoms in total. The fraction of sp³-hybridized carbons (Fsp3) is 0. The Labute approximate surface area is 102 Å². The van der Waals surface area contributed by atoms with Crippen LogP contribution in [0.25, 0.3) is 22.2 Å². The minimum Gasteiger partial charge on any atom is -0.345 e. The van der Waals surface area contributed by atoms with Crippen molar-refractivity contribution < 1.29 is 0 Å². The Morgan fingerprint density at radius 1 is 0.833 bits per heavy atom. The molecule has 6 heteroatoms. The number of fused-ring (bicyclic) bond motifs is 2. The topological polar surface area (TPSA) is 83.1 Å². The first kappa shape index (κ1) is 10.4. The van der Waals surface area contributed by atoms with E-state index in [0.717, 1.165) is 22.2 Å². The van der Waals surface area contributed by atoms with Crippen LogP contribution in [0.1, 0.15) is 0 Å². The summed E-state index contributed by atoms with van der Waals surface area (Å²) < 4.78 is 0. The van der Waals surface area contributed by atoms with Crippen LogP contribution in [0.2, 0.25) is 0 Å². The Hall–Kier alpha value is -2.76. The fourth-order valence-corrected chi connectivity index (χ4v) is 1.56. The lowest BCUT2D eigenvalue weighted by Crippen LogP contribution is -1.75. The molecule has 88 valence electrons. The Bertz CT molecular complexity index is 631. The predicted octanol–water partition coefficient (Wildman–Crippen LogP) is 1.92. The minimum absolute atomic E-state index is 0.845. The summed E-state index contributed by atoms with van der Waals surface area (Å²) in [6, 6.07) is 3.76. The van der Waals surface area contributed by atoms with E-state index in [9.17, 15) is 0 Å². The van der Waals surface area contributed by atoms with Crippen molar-refractivity contribution in [3.05, 3.63) is 49.4 Å². The number of rotatable bonds is 0. The van der Waals surface area contributed by atoms with Gasteiger partial charge in [-0.2, -0.15) is 0 Å². The van der Waals surface area contributed by atoms with Gasteiger partial charge in [-0.15, -0.1) is 0 Å². The van der Waals surface area contributed by atoms with E-state index in [2.05, 4.69) is 29.9 Å². The minimum atomic E-state index is 0.845. The van der Waals surface area contributed by atoms with Crippen LogP contribution in [-0.4, -0.2) is 29.9 Å². The monoisotopic (exact) mass is 238 g/mol. The molecule has 0 aliphatic carbocycles. The summed E-state index contributed by atoms with van der Waals surface area (Å²) >= 11 is 0. The van der Waals surface area contributed by atoms with E-state index < -0.39 is 0 Å². The van der Waals surface area contributed by atoms with Crippen LogP contribution >= 0.6 is 0 Å². The molecule has 18 heavy (non-hydrogen) atoms. The van der Waals surface area contributed by atoms with E-state index in [1.54, 1.807) is 31.1 Å². The summed E-state index contributed by atoms with van der Waals surface area (Å²) in [7, 11) is 0. The number of hydrogen-bond acceptors (Lipinski definition) is 4. The van der Waals surface area contributed by atoms with Gasteiger partial charge in [-0.25, -0.2) is 9.97 Å². The standard InChI is InChI=1S/2C6H5N3/c1-2-7-3-6-5(1)8-4-9-6;1-2-8-6-5(1)7-3-4-9-6/h2*1-4H,(H,8,9). The van der Waals surface area contributed by atoms with Gasteiger partial charge in [0, 0.05) is 24.8 Å². The summed E-state index contributed by atoms with van der Waals surface area (Å²) in [6.07, 6.45) is 10.3. The van der Waals surface area contributed by atoms with Gasteiger partial charge in [-0.05, 0) is 12.1 Å². The van der Waals surface area contributed by atoms with Crippen molar-refractivity contribution in [1.82, 2.24) is 29.9 Å². The van der Waals surface area contributed by atoms with Crippen molar-refractivity contribution in [1.29, 1.82) is 0 Å². The van der Waals surface area contributed by atoms with E-state index in [1.165, 1.54) is 0 Å². The maximum absolute atomic E-state index is 4.05. The highest BCUT2D eigenvalue weighted by molar-refractivity contribution is 5.72. The van der Waals surface area contributed by atoms with Gasteiger partial charge in [0.15, 0.2) is 5.65 Å². The van der Waals surface area contributed by atoms with Crippen LogP contribution in [-0.2, 0) is 0 Å². The van der Waals surface area contributed by atoms with Gasteiger partial charge >= 0.3 is 0 Å². The number of aromatic amines is 2. The number of nitrogens with zero attached hydrogens (tertiary/aromatic N) is 4. The molecule has 0 spiro atoms. The molecule has 0 bridgehead atoms. The Balaban J connectivity index is 0.000000111. The molecule has 0 aromatic carbocycles. The van der Waals surface area contributed by atoms with Crippen molar-refractivity contribution in [2.24, 2.45) is 0 Å². The maximum atomic E-state index is 4.05. The van der Waals surface area contributed by atoms with Gasteiger partial charge in [-0.1, -0.05) is 0 Å². The number of pyridine rings is 1.